The molecule has 0 aliphatic rings. The maximum absolute atomic E-state index is 12.6. The summed E-state index contributed by atoms with van der Waals surface area (Å²) in [6.45, 7) is 5.42. The van der Waals surface area contributed by atoms with Crippen molar-refractivity contribution in [3.63, 3.8) is 0 Å². The summed E-state index contributed by atoms with van der Waals surface area (Å²) in [6, 6.07) is 11.1. The van der Waals surface area contributed by atoms with Crippen molar-refractivity contribution in [1.82, 2.24) is 14.6 Å². The van der Waals surface area contributed by atoms with Gasteiger partial charge in [-0.3, -0.25) is 9.78 Å². The Morgan fingerprint density at radius 1 is 1.12 bits per heavy atom. The summed E-state index contributed by atoms with van der Waals surface area (Å²) in [7, 11) is -2.11. The van der Waals surface area contributed by atoms with Crippen molar-refractivity contribution in [2.75, 3.05) is 7.05 Å². The molecule has 1 aromatic carbocycles. The van der Waals surface area contributed by atoms with Gasteiger partial charge in [0.2, 0.25) is 10.0 Å². The summed E-state index contributed by atoms with van der Waals surface area (Å²) >= 11 is 0. The molecule has 6 nitrogen and oxygen atoms in total. The Bertz CT molecular complexity index is 836. The van der Waals surface area contributed by atoms with Crippen LogP contribution in [-0.4, -0.2) is 36.7 Å². The molecule has 2 rings (SSSR count). The molecule has 0 spiro atoms. The number of benzene rings is 1. The third-order valence-electron chi connectivity index (χ3n) is 3.98. The molecule has 0 radical (unpaired) electrons. The Kier molecular flexibility index (Phi) is 5.92. The largest absolute Gasteiger partial charge is 0.344 e. The van der Waals surface area contributed by atoms with Crippen molar-refractivity contribution >= 4 is 15.9 Å². The lowest BCUT2D eigenvalue weighted by Crippen LogP contribution is -2.33. The van der Waals surface area contributed by atoms with E-state index in [2.05, 4.69) is 10.3 Å². The van der Waals surface area contributed by atoms with E-state index in [1.54, 1.807) is 38.2 Å². The topological polar surface area (TPSA) is 79.4 Å². The van der Waals surface area contributed by atoms with Gasteiger partial charge in [0.15, 0.2) is 0 Å². The standard InChI is InChI=1S/C18H23N3O3S/c1-13(2)21(4)25(23,24)16-9-7-8-15(12-16)18(22)20-14(3)17-10-5-6-11-19-17/h5-14H,1-4H3,(H,20,22). The lowest BCUT2D eigenvalue weighted by molar-refractivity contribution is 0.0939. The maximum atomic E-state index is 12.6. The molecule has 0 saturated carbocycles. The van der Waals surface area contributed by atoms with Crippen LogP contribution >= 0.6 is 0 Å². The summed E-state index contributed by atoms with van der Waals surface area (Å²) < 4.78 is 26.4. The molecule has 1 amide bonds. The van der Waals surface area contributed by atoms with Gasteiger partial charge in [0.05, 0.1) is 16.6 Å². The van der Waals surface area contributed by atoms with Gasteiger partial charge in [-0.1, -0.05) is 12.1 Å². The molecule has 1 aromatic heterocycles. The third-order valence-corrected chi connectivity index (χ3v) is 6.01. The summed E-state index contributed by atoms with van der Waals surface area (Å²) in [5.41, 5.74) is 1.03. The molecule has 1 heterocycles. The molecular formula is C18H23N3O3S. The van der Waals surface area contributed by atoms with Crippen molar-refractivity contribution in [3.05, 3.63) is 59.9 Å². The second-order valence-electron chi connectivity index (χ2n) is 6.09. The Hall–Kier alpha value is -2.25. The van der Waals surface area contributed by atoms with Crippen LogP contribution < -0.4 is 5.32 Å². The summed E-state index contributed by atoms with van der Waals surface area (Å²) in [5.74, 6) is -0.345. The van der Waals surface area contributed by atoms with E-state index in [-0.39, 0.29) is 22.9 Å². The summed E-state index contributed by atoms with van der Waals surface area (Å²) in [5, 5.41) is 2.83. The quantitative estimate of drug-likeness (QED) is 0.858. The maximum Gasteiger partial charge on any atom is 0.251 e. The molecule has 0 fully saturated rings. The third kappa shape index (κ3) is 4.43. The van der Waals surface area contributed by atoms with Crippen LogP contribution in [0.5, 0.6) is 0 Å². The van der Waals surface area contributed by atoms with Gasteiger partial charge in [-0.05, 0) is 51.1 Å². The number of carbonyl (C=O) groups excluding carboxylic acids is 1. The van der Waals surface area contributed by atoms with Crippen LogP contribution in [0, 0.1) is 0 Å². The fourth-order valence-corrected chi connectivity index (χ4v) is 3.64. The van der Waals surface area contributed by atoms with Gasteiger partial charge in [-0.25, -0.2) is 8.42 Å². The van der Waals surface area contributed by atoms with Gasteiger partial charge in [0.1, 0.15) is 0 Å². The second kappa shape index (κ2) is 7.76. The lowest BCUT2D eigenvalue weighted by atomic mass is 10.1. The predicted octanol–water partition coefficient (Wildman–Crippen LogP) is 2.60. The monoisotopic (exact) mass is 361 g/mol. The van der Waals surface area contributed by atoms with Crippen molar-refractivity contribution < 1.29 is 13.2 Å². The van der Waals surface area contributed by atoms with Gasteiger partial charge in [-0.2, -0.15) is 4.31 Å². The first-order valence-corrected chi connectivity index (χ1v) is 9.47. The summed E-state index contributed by atoms with van der Waals surface area (Å²) in [6.07, 6.45) is 1.66. The molecular weight excluding hydrogens is 338 g/mol. The van der Waals surface area contributed by atoms with Crippen LogP contribution in [0.1, 0.15) is 42.9 Å². The van der Waals surface area contributed by atoms with Crippen LogP contribution in [0.4, 0.5) is 0 Å². The zero-order valence-electron chi connectivity index (χ0n) is 14.8. The van der Waals surface area contributed by atoms with E-state index in [1.165, 1.54) is 23.5 Å². The van der Waals surface area contributed by atoms with Gasteiger partial charge in [-0.15, -0.1) is 0 Å². The van der Waals surface area contributed by atoms with Gasteiger partial charge < -0.3 is 5.32 Å². The van der Waals surface area contributed by atoms with Crippen molar-refractivity contribution in [3.8, 4) is 0 Å². The Morgan fingerprint density at radius 3 is 2.44 bits per heavy atom. The Balaban J connectivity index is 2.22. The van der Waals surface area contributed by atoms with E-state index in [1.807, 2.05) is 19.1 Å². The van der Waals surface area contributed by atoms with Crippen LogP contribution in [0.25, 0.3) is 0 Å². The first-order chi connectivity index (χ1) is 11.7. The van der Waals surface area contributed by atoms with Gasteiger partial charge in [0, 0.05) is 24.8 Å². The molecule has 0 aliphatic carbocycles. The molecule has 2 aromatic rings. The minimum Gasteiger partial charge on any atom is -0.344 e. The molecule has 1 atom stereocenters. The SMILES string of the molecule is CC(NC(=O)c1cccc(S(=O)(=O)N(C)C(C)C)c1)c1ccccn1. The number of sulfonamides is 1. The number of pyridine rings is 1. The van der Waals surface area contributed by atoms with Crippen molar-refractivity contribution in [2.24, 2.45) is 0 Å². The van der Waals surface area contributed by atoms with E-state index in [9.17, 15) is 13.2 Å². The zero-order chi connectivity index (χ0) is 18.6. The highest BCUT2D eigenvalue weighted by molar-refractivity contribution is 7.89. The van der Waals surface area contributed by atoms with Crippen LogP contribution in [0.3, 0.4) is 0 Å². The molecule has 1 unspecified atom stereocenters. The average Bonchev–Trinajstić information content (AvgIpc) is 2.61. The smallest absolute Gasteiger partial charge is 0.251 e. The van der Waals surface area contributed by atoms with Gasteiger partial charge >= 0.3 is 0 Å². The number of aromatic nitrogens is 1. The van der Waals surface area contributed by atoms with E-state index in [0.717, 1.165) is 5.69 Å². The predicted molar refractivity (Wildman–Crippen MR) is 96.6 cm³/mol. The normalized spacial score (nSPS) is 13.0. The fraction of sp³-hybridized carbons (Fsp3) is 0.333. The van der Waals surface area contributed by atoms with Crippen LogP contribution in [0.15, 0.2) is 53.6 Å². The first kappa shape index (κ1) is 19.1. The van der Waals surface area contributed by atoms with E-state index in [0.29, 0.717) is 5.56 Å². The Morgan fingerprint density at radius 2 is 1.84 bits per heavy atom. The fourth-order valence-electron chi connectivity index (χ4n) is 2.23. The number of hydrogen-bond acceptors (Lipinski definition) is 4. The average molecular weight is 361 g/mol. The minimum absolute atomic E-state index is 0.0989. The van der Waals surface area contributed by atoms with E-state index in [4.69, 9.17) is 0 Å². The molecule has 0 bridgehead atoms. The lowest BCUT2D eigenvalue weighted by Gasteiger charge is -2.21. The number of carbonyl (C=O) groups is 1. The highest BCUT2D eigenvalue weighted by Crippen LogP contribution is 2.18. The molecule has 134 valence electrons. The van der Waals surface area contributed by atoms with Gasteiger partial charge in [0.25, 0.3) is 5.91 Å². The molecule has 1 N–H and O–H groups in total. The minimum atomic E-state index is -3.63. The highest BCUT2D eigenvalue weighted by atomic mass is 32.2. The molecule has 0 saturated heterocycles. The van der Waals surface area contributed by atoms with E-state index < -0.39 is 10.0 Å². The van der Waals surface area contributed by atoms with Crippen LogP contribution in [0.2, 0.25) is 0 Å². The number of nitrogens with zero attached hydrogens (tertiary/aromatic N) is 2. The number of amides is 1. The number of nitrogens with one attached hydrogen (secondary N) is 1. The molecule has 25 heavy (non-hydrogen) atoms. The zero-order valence-corrected chi connectivity index (χ0v) is 15.6. The molecule has 7 heteroatoms. The molecule has 0 aliphatic heterocycles. The van der Waals surface area contributed by atoms with Crippen LogP contribution in [-0.2, 0) is 10.0 Å². The highest BCUT2D eigenvalue weighted by Gasteiger charge is 2.24. The first-order valence-electron chi connectivity index (χ1n) is 8.03. The summed E-state index contributed by atoms with van der Waals surface area (Å²) in [4.78, 5) is 16.8. The second-order valence-corrected chi connectivity index (χ2v) is 8.09. The van der Waals surface area contributed by atoms with Crippen molar-refractivity contribution in [2.45, 2.75) is 37.8 Å². The van der Waals surface area contributed by atoms with E-state index >= 15 is 0 Å². The van der Waals surface area contributed by atoms with Crippen molar-refractivity contribution in [1.29, 1.82) is 0 Å². The Labute approximate surface area is 148 Å². The number of hydrogen-bond donors (Lipinski definition) is 1. The number of rotatable bonds is 6.